The molecule has 1 saturated heterocycles. The number of aromatic nitrogens is 1. The predicted molar refractivity (Wildman–Crippen MR) is 109 cm³/mol. The van der Waals surface area contributed by atoms with Gasteiger partial charge < -0.3 is 14.4 Å². The van der Waals surface area contributed by atoms with Gasteiger partial charge in [-0.2, -0.15) is 0 Å². The van der Waals surface area contributed by atoms with E-state index in [4.69, 9.17) is 11.6 Å². The number of carbonyl (C=O) groups is 1. The standard InChI is InChI=1S/C21H20ClN3O2/c1-23-14-19(17-7-2-3-8-18(17)20(23)26)21(27)25-11-9-24(10-12-25)16-6-4-5-15(22)13-16/h2-8,13-14H,9-12H2,1H3. The van der Waals surface area contributed by atoms with E-state index in [0.717, 1.165) is 18.8 Å². The maximum Gasteiger partial charge on any atom is 0.258 e. The molecule has 0 bridgehead atoms. The van der Waals surface area contributed by atoms with Crippen LogP contribution in [0.2, 0.25) is 5.02 Å². The van der Waals surface area contributed by atoms with E-state index >= 15 is 0 Å². The Hall–Kier alpha value is -2.79. The van der Waals surface area contributed by atoms with Crippen LogP contribution in [-0.2, 0) is 7.05 Å². The topological polar surface area (TPSA) is 45.6 Å². The summed E-state index contributed by atoms with van der Waals surface area (Å²) in [6.07, 6.45) is 1.65. The Bertz CT molecular complexity index is 1070. The first-order valence-corrected chi connectivity index (χ1v) is 9.30. The summed E-state index contributed by atoms with van der Waals surface area (Å²) in [5.41, 5.74) is 1.55. The molecule has 0 atom stereocenters. The van der Waals surface area contributed by atoms with Crippen LogP contribution < -0.4 is 10.5 Å². The molecule has 1 aliphatic rings. The number of rotatable bonds is 2. The van der Waals surface area contributed by atoms with Crippen LogP contribution in [0.4, 0.5) is 5.69 Å². The third-order valence-electron chi connectivity index (χ3n) is 5.06. The summed E-state index contributed by atoms with van der Waals surface area (Å²) in [5.74, 6) is -0.0347. The molecule has 6 heteroatoms. The van der Waals surface area contributed by atoms with Crippen LogP contribution in [-0.4, -0.2) is 41.6 Å². The molecule has 5 nitrogen and oxygen atoms in total. The van der Waals surface area contributed by atoms with Crippen LogP contribution >= 0.6 is 11.6 Å². The maximum absolute atomic E-state index is 13.1. The fourth-order valence-electron chi connectivity index (χ4n) is 3.60. The molecule has 0 spiro atoms. The summed E-state index contributed by atoms with van der Waals surface area (Å²) in [4.78, 5) is 29.6. The van der Waals surface area contributed by atoms with Gasteiger partial charge in [-0.1, -0.05) is 35.9 Å². The van der Waals surface area contributed by atoms with E-state index < -0.39 is 0 Å². The summed E-state index contributed by atoms with van der Waals surface area (Å²) >= 11 is 6.09. The summed E-state index contributed by atoms with van der Waals surface area (Å²) < 4.78 is 1.48. The molecule has 0 N–H and O–H groups in total. The van der Waals surface area contributed by atoms with Gasteiger partial charge >= 0.3 is 0 Å². The lowest BCUT2D eigenvalue weighted by atomic mass is 10.1. The Kier molecular flexibility index (Phi) is 4.62. The fraction of sp³-hybridized carbons (Fsp3) is 0.238. The highest BCUT2D eigenvalue weighted by Gasteiger charge is 2.24. The zero-order valence-electron chi connectivity index (χ0n) is 15.1. The van der Waals surface area contributed by atoms with Gasteiger partial charge in [0, 0.05) is 60.9 Å². The van der Waals surface area contributed by atoms with Gasteiger partial charge in [0.2, 0.25) is 0 Å². The molecule has 0 unspecified atom stereocenters. The second-order valence-electron chi connectivity index (χ2n) is 6.76. The SMILES string of the molecule is Cn1cc(C(=O)N2CCN(c3cccc(Cl)c3)CC2)c2ccccc2c1=O. The molecule has 27 heavy (non-hydrogen) atoms. The van der Waals surface area contributed by atoms with Gasteiger partial charge in [0.05, 0.1) is 5.56 Å². The van der Waals surface area contributed by atoms with Crippen molar-refractivity contribution in [3.8, 4) is 0 Å². The van der Waals surface area contributed by atoms with E-state index in [-0.39, 0.29) is 11.5 Å². The molecular weight excluding hydrogens is 362 g/mol. The molecule has 3 aromatic rings. The average molecular weight is 382 g/mol. The normalized spacial score (nSPS) is 14.6. The molecular formula is C21H20ClN3O2. The first kappa shape index (κ1) is 17.6. The number of hydrogen-bond acceptors (Lipinski definition) is 3. The predicted octanol–water partition coefficient (Wildman–Crippen LogP) is 3.15. The van der Waals surface area contributed by atoms with Gasteiger partial charge in [-0.3, -0.25) is 9.59 Å². The minimum Gasteiger partial charge on any atom is -0.368 e. The molecule has 1 amide bonds. The molecule has 2 heterocycles. The number of fused-ring (bicyclic) bond motifs is 1. The highest BCUT2D eigenvalue weighted by Crippen LogP contribution is 2.22. The Balaban J connectivity index is 1.58. The van der Waals surface area contributed by atoms with Crippen molar-refractivity contribution in [3.63, 3.8) is 0 Å². The van der Waals surface area contributed by atoms with Crippen molar-refractivity contribution >= 4 is 34.0 Å². The summed E-state index contributed by atoms with van der Waals surface area (Å²) in [6.45, 7) is 2.75. The maximum atomic E-state index is 13.1. The van der Waals surface area contributed by atoms with E-state index in [2.05, 4.69) is 4.90 Å². The lowest BCUT2D eigenvalue weighted by Gasteiger charge is -2.36. The van der Waals surface area contributed by atoms with Crippen LogP contribution in [0.15, 0.2) is 59.5 Å². The number of piperazine rings is 1. The second-order valence-corrected chi connectivity index (χ2v) is 7.20. The minimum atomic E-state index is -0.0899. The largest absolute Gasteiger partial charge is 0.368 e. The molecule has 2 aromatic carbocycles. The first-order chi connectivity index (χ1) is 13.0. The van der Waals surface area contributed by atoms with Gasteiger partial charge in [-0.15, -0.1) is 0 Å². The van der Waals surface area contributed by atoms with Crippen LogP contribution in [0.3, 0.4) is 0 Å². The molecule has 0 radical (unpaired) electrons. The number of hydrogen-bond donors (Lipinski definition) is 0. The molecule has 0 aliphatic carbocycles. The van der Waals surface area contributed by atoms with E-state index in [9.17, 15) is 9.59 Å². The Morgan fingerprint density at radius 3 is 2.37 bits per heavy atom. The van der Waals surface area contributed by atoms with Gasteiger partial charge in [-0.05, 0) is 24.3 Å². The third-order valence-corrected chi connectivity index (χ3v) is 5.30. The zero-order chi connectivity index (χ0) is 19.0. The average Bonchev–Trinajstić information content (AvgIpc) is 2.70. The van der Waals surface area contributed by atoms with Crippen molar-refractivity contribution in [2.24, 2.45) is 7.05 Å². The van der Waals surface area contributed by atoms with Gasteiger partial charge in [-0.25, -0.2) is 0 Å². The van der Waals surface area contributed by atoms with Gasteiger partial charge in [0.25, 0.3) is 11.5 Å². The zero-order valence-corrected chi connectivity index (χ0v) is 15.8. The number of amides is 1. The Labute approximate surface area is 162 Å². The number of pyridine rings is 1. The van der Waals surface area contributed by atoms with Crippen molar-refractivity contribution in [2.75, 3.05) is 31.1 Å². The molecule has 0 saturated carbocycles. The molecule has 4 rings (SSSR count). The van der Waals surface area contributed by atoms with Crippen LogP contribution in [0.25, 0.3) is 10.8 Å². The van der Waals surface area contributed by atoms with Crippen LogP contribution in [0, 0.1) is 0 Å². The third kappa shape index (κ3) is 3.30. The van der Waals surface area contributed by atoms with E-state index in [1.807, 2.05) is 47.4 Å². The molecule has 1 aromatic heterocycles. The summed E-state index contributed by atoms with van der Waals surface area (Å²) in [6, 6.07) is 15.1. The minimum absolute atomic E-state index is 0.0347. The fourth-order valence-corrected chi connectivity index (χ4v) is 3.78. The highest BCUT2D eigenvalue weighted by molar-refractivity contribution is 6.30. The van der Waals surface area contributed by atoms with Crippen molar-refractivity contribution in [3.05, 3.63) is 75.7 Å². The number of carbonyl (C=O) groups excluding carboxylic acids is 1. The van der Waals surface area contributed by atoms with E-state index in [0.29, 0.717) is 34.4 Å². The van der Waals surface area contributed by atoms with E-state index in [1.165, 1.54) is 4.57 Å². The van der Waals surface area contributed by atoms with E-state index in [1.54, 1.807) is 19.3 Å². The van der Waals surface area contributed by atoms with Crippen molar-refractivity contribution in [2.45, 2.75) is 0 Å². The van der Waals surface area contributed by atoms with Gasteiger partial charge in [0.1, 0.15) is 0 Å². The lowest BCUT2D eigenvalue weighted by molar-refractivity contribution is 0.0748. The Morgan fingerprint density at radius 1 is 0.963 bits per heavy atom. The smallest absolute Gasteiger partial charge is 0.258 e. The number of aryl methyl sites for hydroxylation is 1. The summed E-state index contributed by atoms with van der Waals surface area (Å²) in [5, 5.41) is 1.99. The second kappa shape index (κ2) is 7.08. The van der Waals surface area contributed by atoms with Crippen molar-refractivity contribution in [1.29, 1.82) is 0 Å². The number of nitrogens with zero attached hydrogens (tertiary/aromatic N) is 3. The van der Waals surface area contributed by atoms with Crippen molar-refractivity contribution in [1.82, 2.24) is 9.47 Å². The monoisotopic (exact) mass is 381 g/mol. The molecule has 1 fully saturated rings. The highest BCUT2D eigenvalue weighted by atomic mass is 35.5. The first-order valence-electron chi connectivity index (χ1n) is 8.93. The Morgan fingerprint density at radius 2 is 1.67 bits per heavy atom. The molecule has 138 valence electrons. The van der Waals surface area contributed by atoms with Crippen LogP contribution in [0.5, 0.6) is 0 Å². The quantitative estimate of drug-likeness (QED) is 0.685. The number of anilines is 1. The van der Waals surface area contributed by atoms with Gasteiger partial charge in [0.15, 0.2) is 0 Å². The lowest BCUT2D eigenvalue weighted by Crippen LogP contribution is -2.49. The van der Waals surface area contributed by atoms with Crippen molar-refractivity contribution < 1.29 is 4.79 Å². The van der Waals surface area contributed by atoms with Crippen LogP contribution in [0.1, 0.15) is 10.4 Å². The molecule has 1 aliphatic heterocycles. The summed E-state index contributed by atoms with van der Waals surface area (Å²) in [7, 11) is 1.68. The number of halogens is 1. The number of benzene rings is 2.